The second-order valence-electron chi connectivity index (χ2n) is 3.76. The quantitative estimate of drug-likeness (QED) is 0.722. The lowest BCUT2D eigenvalue weighted by atomic mass is 9.92. The summed E-state index contributed by atoms with van der Waals surface area (Å²) in [4.78, 5) is 13.1. The zero-order valence-electron chi connectivity index (χ0n) is 9.51. The number of hydrogen-bond donors (Lipinski definition) is 0. The summed E-state index contributed by atoms with van der Waals surface area (Å²) in [5.41, 5.74) is 2.10. The Balaban J connectivity index is 2.44. The van der Waals surface area contributed by atoms with Crippen LogP contribution in [0.25, 0.3) is 0 Å². The number of para-hydroxylation sites is 1. The van der Waals surface area contributed by atoms with Gasteiger partial charge in [0, 0.05) is 12.1 Å². The van der Waals surface area contributed by atoms with Crippen LogP contribution in [0.2, 0.25) is 0 Å². The zero-order chi connectivity index (χ0) is 11.5. The van der Waals surface area contributed by atoms with E-state index in [1.165, 1.54) is 12.7 Å². The normalized spacial score (nSPS) is 18.1. The number of carbonyl (C=O) groups excluding carboxylic acids is 1. The third-order valence-corrected chi connectivity index (χ3v) is 2.87. The summed E-state index contributed by atoms with van der Waals surface area (Å²) in [5, 5.41) is 0. The average Bonchev–Trinajstić information content (AvgIpc) is 2.36. The van der Waals surface area contributed by atoms with E-state index in [0.29, 0.717) is 5.92 Å². The summed E-state index contributed by atoms with van der Waals surface area (Å²) >= 11 is 0. The molecule has 0 saturated heterocycles. The van der Waals surface area contributed by atoms with Gasteiger partial charge in [-0.05, 0) is 18.1 Å². The predicted octanol–water partition coefficient (Wildman–Crippen LogP) is 3.28. The van der Waals surface area contributed by atoms with Crippen molar-refractivity contribution < 1.29 is 9.53 Å². The van der Waals surface area contributed by atoms with Crippen molar-refractivity contribution in [3.05, 3.63) is 42.1 Å². The van der Waals surface area contributed by atoms with Crippen LogP contribution >= 0.6 is 0 Å². The Morgan fingerprint density at radius 3 is 2.88 bits per heavy atom. The first-order valence-electron chi connectivity index (χ1n) is 5.42. The Bertz CT molecular complexity index is 426. The van der Waals surface area contributed by atoms with Gasteiger partial charge in [-0.1, -0.05) is 31.2 Å². The highest BCUT2D eigenvalue weighted by atomic mass is 16.5. The van der Waals surface area contributed by atoms with E-state index in [-0.39, 0.29) is 6.09 Å². The SMILES string of the molecule is CCC1C=CN(C(=O)OC)c2ccccc21. The number of amides is 1. The second kappa shape index (κ2) is 4.39. The van der Waals surface area contributed by atoms with Gasteiger partial charge in [0.2, 0.25) is 0 Å². The van der Waals surface area contributed by atoms with Crippen molar-refractivity contribution in [2.24, 2.45) is 0 Å². The third-order valence-electron chi connectivity index (χ3n) is 2.87. The lowest BCUT2D eigenvalue weighted by Gasteiger charge is -2.27. The van der Waals surface area contributed by atoms with Gasteiger partial charge < -0.3 is 4.74 Å². The maximum absolute atomic E-state index is 11.6. The molecule has 1 heterocycles. The molecule has 3 heteroatoms. The summed E-state index contributed by atoms with van der Waals surface area (Å²) in [5.74, 6) is 0.386. The van der Waals surface area contributed by atoms with Crippen molar-refractivity contribution in [1.29, 1.82) is 0 Å². The summed E-state index contributed by atoms with van der Waals surface area (Å²) < 4.78 is 4.75. The molecular weight excluding hydrogens is 202 g/mol. The van der Waals surface area contributed by atoms with Crippen molar-refractivity contribution in [1.82, 2.24) is 0 Å². The largest absolute Gasteiger partial charge is 0.452 e. The molecule has 1 atom stereocenters. The second-order valence-corrected chi connectivity index (χ2v) is 3.76. The minimum absolute atomic E-state index is 0.349. The molecule has 1 amide bonds. The van der Waals surface area contributed by atoms with Crippen molar-refractivity contribution in [2.75, 3.05) is 12.0 Å². The van der Waals surface area contributed by atoms with Crippen molar-refractivity contribution >= 4 is 11.8 Å². The predicted molar refractivity (Wildman–Crippen MR) is 63.5 cm³/mol. The van der Waals surface area contributed by atoms with Crippen LogP contribution in [0.5, 0.6) is 0 Å². The molecule has 1 aromatic carbocycles. The van der Waals surface area contributed by atoms with Crippen molar-refractivity contribution in [2.45, 2.75) is 19.3 Å². The average molecular weight is 217 g/mol. The molecule has 0 bridgehead atoms. The molecule has 0 spiro atoms. The number of ether oxygens (including phenoxy) is 1. The van der Waals surface area contributed by atoms with Gasteiger partial charge in [-0.2, -0.15) is 0 Å². The Morgan fingerprint density at radius 2 is 2.19 bits per heavy atom. The van der Waals surface area contributed by atoms with Gasteiger partial charge in [-0.15, -0.1) is 0 Å². The van der Waals surface area contributed by atoms with Gasteiger partial charge in [0.1, 0.15) is 0 Å². The number of allylic oxidation sites excluding steroid dienone is 1. The van der Waals surface area contributed by atoms with E-state index in [0.717, 1.165) is 12.1 Å². The molecule has 1 aliphatic heterocycles. The molecular formula is C13H15NO2. The molecule has 0 fully saturated rings. The molecule has 84 valence electrons. The van der Waals surface area contributed by atoms with E-state index in [9.17, 15) is 4.79 Å². The third kappa shape index (κ3) is 1.69. The minimum atomic E-state index is -0.349. The van der Waals surface area contributed by atoms with Gasteiger partial charge >= 0.3 is 6.09 Å². The number of hydrogen-bond acceptors (Lipinski definition) is 2. The Labute approximate surface area is 95.3 Å². The minimum Gasteiger partial charge on any atom is -0.452 e. The Morgan fingerprint density at radius 1 is 1.44 bits per heavy atom. The monoisotopic (exact) mass is 217 g/mol. The maximum atomic E-state index is 11.6. The van der Waals surface area contributed by atoms with E-state index >= 15 is 0 Å². The number of anilines is 1. The van der Waals surface area contributed by atoms with E-state index < -0.39 is 0 Å². The number of rotatable bonds is 1. The topological polar surface area (TPSA) is 29.5 Å². The molecule has 1 aromatic rings. The molecule has 0 radical (unpaired) electrons. The van der Waals surface area contributed by atoms with Gasteiger partial charge in [-0.25, -0.2) is 4.79 Å². The fourth-order valence-electron chi connectivity index (χ4n) is 2.01. The van der Waals surface area contributed by atoms with Crippen molar-refractivity contribution in [3.8, 4) is 0 Å². The number of fused-ring (bicyclic) bond motifs is 1. The molecule has 16 heavy (non-hydrogen) atoms. The van der Waals surface area contributed by atoms with Gasteiger partial charge in [0.05, 0.1) is 12.8 Å². The molecule has 2 rings (SSSR count). The van der Waals surface area contributed by atoms with Gasteiger partial charge in [0.25, 0.3) is 0 Å². The van der Waals surface area contributed by atoms with Gasteiger partial charge in [-0.3, -0.25) is 4.90 Å². The number of benzene rings is 1. The summed E-state index contributed by atoms with van der Waals surface area (Å²) in [6, 6.07) is 7.93. The first kappa shape index (κ1) is 10.7. The highest BCUT2D eigenvalue weighted by Gasteiger charge is 2.23. The summed E-state index contributed by atoms with van der Waals surface area (Å²) in [6.07, 6.45) is 4.52. The molecule has 0 saturated carbocycles. The Hall–Kier alpha value is -1.77. The van der Waals surface area contributed by atoms with E-state index in [2.05, 4.69) is 13.0 Å². The Kier molecular flexibility index (Phi) is 2.95. The van der Waals surface area contributed by atoms with Crippen LogP contribution in [0.3, 0.4) is 0 Å². The smallest absolute Gasteiger partial charge is 0.418 e. The summed E-state index contributed by atoms with van der Waals surface area (Å²) in [7, 11) is 1.39. The number of methoxy groups -OCH3 is 1. The molecule has 0 N–H and O–H groups in total. The lowest BCUT2D eigenvalue weighted by molar-refractivity contribution is 0.181. The summed E-state index contributed by atoms with van der Waals surface area (Å²) in [6.45, 7) is 2.14. The van der Waals surface area contributed by atoms with Crippen LogP contribution in [0.4, 0.5) is 10.5 Å². The first-order chi connectivity index (χ1) is 7.77. The maximum Gasteiger partial charge on any atom is 0.418 e. The van der Waals surface area contributed by atoms with E-state index in [4.69, 9.17) is 4.74 Å². The van der Waals surface area contributed by atoms with Crippen LogP contribution in [-0.4, -0.2) is 13.2 Å². The lowest BCUT2D eigenvalue weighted by Crippen LogP contribution is -2.28. The zero-order valence-corrected chi connectivity index (χ0v) is 9.51. The molecule has 0 aliphatic carbocycles. The highest BCUT2D eigenvalue weighted by molar-refractivity contribution is 5.91. The van der Waals surface area contributed by atoms with Crippen molar-refractivity contribution in [3.63, 3.8) is 0 Å². The van der Waals surface area contributed by atoms with Crippen LogP contribution in [0.1, 0.15) is 24.8 Å². The van der Waals surface area contributed by atoms with Crippen LogP contribution < -0.4 is 4.90 Å². The van der Waals surface area contributed by atoms with Crippen LogP contribution in [0, 0.1) is 0 Å². The van der Waals surface area contributed by atoms with Crippen LogP contribution in [0.15, 0.2) is 36.5 Å². The fourth-order valence-corrected chi connectivity index (χ4v) is 2.01. The van der Waals surface area contributed by atoms with E-state index in [1.54, 1.807) is 11.1 Å². The fraction of sp³-hybridized carbons (Fsp3) is 0.308. The molecule has 1 aliphatic rings. The number of nitrogens with zero attached hydrogens (tertiary/aromatic N) is 1. The molecule has 1 unspecified atom stereocenters. The highest BCUT2D eigenvalue weighted by Crippen LogP contribution is 2.35. The van der Waals surface area contributed by atoms with Crippen LogP contribution in [-0.2, 0) is 4.74 Å². The number of carbonyl (C=O) groups is 1. The first-order valence-corrected chi connectivity index (χ1v) is 5.42. The molecule has 3 nitrogen and oxygen atoms in total. The van der Waals surface area contributed by atoms with Gasteiger partial charge in [0.15, 0.2) is 0 Å². The standard InChI is InChI=1S/C13H15NO2/c1-3-10-8-9-14(13(15)16-2)12-7-5-4-6-11(10)12/h4-10H,3H2,1-2H3. The van der Waals surface area contributed by atoms with E-state index in [1.807, 2.05) is 24.3 Å². The molecule has 0 aromatic heterocycles.